The average molecular weight is 342 g/mol. The lowest BCUT2D eigenvalue weighted by molar-refractivity contribution is -0.114. The maximum absolute atomic E-state index is 12.2. The molecule has 24 heavy (non-hydrogen) atoms. The summed E-state index contributed by atoms with van der Waals surface area (Å²) in [5, 5.41) is 17.4. The molecule has 0 aliphatic heterocycles. The van der Waals surface area contributed by atoms with Crippen molar-refractivity contribution < 1.29 is 9.59 Å². The molecule has 2 heterocycles. The number of hydrogen-bond acceptors (Lipinski definition) is 5. The first-order chi connectivity index (χ1) is 11.6. The number of rotatable bonds is 4. The van der Waals surface area contributed by atoms with Crippen LogP contribution in [0.15, 0.2) is 42.0 Å². The molecule has 2 aromatic heterocycles. The van der Waals surface area contributed by atoms with Crippen molar-refractivity contribution in [3.05, 3.63) is 42.0 Å². The Morgan fingerprint density at radius 3 is 2.67 bits per heavy atom. The van der Waals surface area contributed by atoms with Gasteiger partial charge in [0.1, 0.15) is 10.7 Å². The number of aromatic nitrogens is 3. The highest BCUT2D eigenvalue weighted by Crippen LogP contribution is 2.27. The van der Waals surface area contributed by atoms with E-state index >= 15 is 0 Å². The standard InChI is InChI=1S/C15H14N6O2S/c1-9(22)18-10-3-2-4-11(7-10)19-15(23)20-12-8-17-21-13(12)14-16-5-6-24-14/h2-8H,1H3,(H,17,21)(H,18,22)(H2,19,20,23). The topological polar surface area (TPSA) is 112 Å². The second-order valence-electron chi connectivity index (χ2n) is 4.84. The molecule has 0 atom stereocenters. The highest BCUT2D eigenvalue weighted by Gasteiger charge is 2.12. The van der Waals surface area contributed by atoms with Crippen molar-refractivity contribution in [3.63, 3.8) is 0 Å². The summed E-state index contributed by atoms with van der Waals surface area (Å²) < 4.78 is 0. The Morgan fingerprint density at radius 1 is 1.17 bits per heavy atom. The lowest BCUT2D eigenvalue weighted by Gasteiger charge is -2.09. The maximum atomic E-state index is 12.2. The van der Waals surface area contributed by atoms with Crippen LogP contribution < -0.4 is 16.0 Å². The maximum Gasteiger partial charge on any atom is 0.323 e. The van der Waals surface area contributed by atoms with E-state index in [0.29, 0.717) is 22.8 Å². The van der Waals surface area contributed by atoms with E-state index in [2.05, 4.69) is 31.1 Å². The first-order valence-electron chi connectivity index (χ1n) is 7.01. The summed E-state index contributed by atoms with van der Waals surface area (Å²) in [6.07, 6.45) is 3.20. The smallest absolute Gasteiger partial charge is 0.323 e. The van der Waals surface area contributed by atoms with Crippen LogP contribution in [0.2, 0.25) is 0 Å². The number of urea groups is 1. The van der Waals surface area contributed by atoms with E-state index in [1.807, 2.05) is 5.38 Å². The Hall–Kier alpha value is -3.20. The predicted octanol–water partition coefficient (Wildman–Crippen LogP) is 3.14. The summed E-state index contributed by atoms with van der Waals surface area (Å²) in [5.74, 6) is -0.178. The molecule has 0 aliphatic carbocycles. The van der Waals surface area contributed by atoms with Crippen LogP contribution in [-0.2, 0) is 4.79 Å². The molecule has 3 amide bonds. The third-order valence-corrected chi connectivity index (χ3v) is 3.77. The molecular formula is C15H14N6O2S. The third-order valence-electron chi connectivity index (χ3n) is 2.97. The molecule has 4 N–H and O–H groups in total. The van der Waals surface area contributed by atoms with Gasteiger partial charge in [0.2, 0.25) is 5.91 Å². The van der Waals surface area contributed by atoms with Crippen LogP contribution in [-0.4, -0.2) is 27.1 Å². The van der Waals surface area contributed by atoms with Gasteiger partial charge in [0.25, 0.3) is 0 Å². The number of H-pyrrole nitrogens is 1. The van der Waals surface area contributed by atoms with Gasteiger partial charge < -0.3 is 16.0 Å². The quantitative estimate of drug-likeness (QED) is 0.583. The number of aromatic amines is 1. The van der Waals surface area contributed by atoms with Gasteiger partial charge >= 0.3 is 6.03 Å². The zero-order chi connectivity index (χ0) is 16.9. The Kier molecular flexibility index (Phi) is 4.52. The minimum absolute atomic E-state index is 0.178. The summed E-state index contributed by atoms with van der Waals surface area (Å²) in [5.41, 5.74) is 2.33. The molecule has 0 saturated carbocycles. The molecule has 0 bridgehead atoms. The zero-order valence-electron chi connectivity index (χ0n) is 12.7. The number of nitrogens with one attached hydrogen (secondary N) is 4. The monoisotopic (exact) mass is 342 g/mol. The molecule has 0 unspecified atom stereocenters. The van der Waals surface area contributed by atoms with E-state index in [9.17, 15) is 9.59 Å². The van der Waals surface area contributed by atoms with Crippen molar-refractivity contribution in [2.24, 2.45) is 0 Å². The fourth-order valence-corrected chi connectivity index (χ4v) is 2.70. The number of anilines is 3. The number of thiazole rings is 1. The van der Waals surface area contributed by atoms with Crippen LogP contribution in [0.5, 0.6) is 0 Å². The lowest BCUT2D eigenvalue weighted by Crippen LogP contribution is -2.19. The molecule has 0 saturated heterocycles. The van der Waals surface area contributed by atoms with E-state index in [-0.39, 0.29) is 5.91 Å². The Morgan fingerprint density at radius 2 is 1.96 bits per heavy atom. The van der Waals surface area contributed by atoms with E-state index < -0.39 is 6.03 Å². The second kappa shape index (κ2) is 6.92. The number of benzene rings is 1. The van der Waals surface area contributed by atoms with Gasteiger partial charge in [0.05, 0.1) is 11.9 Å². The Balaban J connectivity index is 1.69. The number of carbonyl (C=O) groups excluding carboxylic acids is 2. The Labute approximate surface area is 141 Å². The highest BCUT2D eigenvalue weighted by molar-refractivity contribution is 7.13. The fraction of sp³-hybridized carbons (Fsp3) is 0.0667. The number of nitrogens with zero attached hydrogens (tertiary/aromatic N) is 2. The molecule has 9 heteroatoms. The predicted molar refractivity (Wildman–Crippen MR) is 93.1 cm³/mol. The van der Waals surface area contributed by atoms with Crippen molar-refractivity contribution in [2.45, 2.75) is 6.92 Å². The average Bonchev–Trinajstić information content (AvgIpc) is 3.17. The van der Waals surface area contributed by atoms with Crippen molar-refractivity contribution >= 4 is 40.3 Å². The van der Waals surface area contributed by atoms with Gasteiger partial charge in [0.15, 0.2) is 0 Å². The molecule has 0 radical (unpaired) electrons. The molecule has 8 nitrogen and oxygen atoms in total. The molecule has 0 aliphatic rings. The molecule has 1 aromatic carbocycles. The fourth-order valence-electron chi connectivity index (χ4n) is 2.05. The third kappa shape index (κ3) is 3.76. The van der Waals surface area contributed by atoms with Gasteiger partial charge in [-0.25, -0.2) is 9.78 Å². The van der Waals surface area contributed by atoms with E-state index in [1.165, 1.54) is 24.5 Å². The van der Waals surface area contributed by atoms with E-state index in [1.54, 1.807) is 30.5 Å². The molecule has 122 valence electrons. The Bertz CT molecular complexity index is 858. The van der Waals surface area contributed by atoms with Gasteiger partial charge in [-0.05, 0) is 18.2 Å². The normalized spacial score (nSPS) is 10.2. The molecule has 0 spiro atoms. The molecule has 3 aromatic rings. The summed E-state index contributed by atoms with van der Waals surface area (Å²) >= 11 is 1.44. The summed E-state index contributed by atoms with van der Waals surface area (Å²) in [6.45, 7) is 1.42. The minimum Gasteiger partial charge on any atom is -0.326 e. The minimum atomic E-state index is -0.422. The van der Waals surface area contributed by atoms with Gasteiger partial charge in [-0.3, -0.25) is 9.89 Å². The van der Waals surface area contributed by atoms with Crippen LogP contribution in [0.3, 0.4) is 0 Å². The first kappa shape index (κ1) is 15.7. The van der Waals surface area contributed by atoms with Crippen LogP contribution in [0, 0.1) is 0 Å². The van der Waals surface area contributed by atoms with Gasteiger partial charge in [-0.2, -0.15) is 5.10 Å². The van der Waals surface area contributed by atoms with E-state index in [0.717, 1.165) is 5.01 Å². The molecular weight excluding hydrogens is 328 g/mol. The van der Waals surface area contributed by atoms with Crippen LogP contribution >= 0.6 is 11.3 Å². The second-order valence-corrected chi connectivity index (χ2v) is 5.73. The number of carbonyl (C=O) groups is 2. The van der Waals surface area contributed by atoms with Crippen molar-refractivity contribution in [2.75, 3.05) is 16.0 Å². The summed E-state index contributed by atoms with van der Waals surface area (Å²) in [7, 11) is 0. The summed E-state index contributed by atoms with van der Waals surface area (Å²) in [6, 6.07) is 6.44. The first-order valence-corrected chi connectivity index (χ1v) is 7.88. The van der Waals surface area contributed by atoms with Gasteiger partial charge in [0, 0.05) is 29.9 Å². The zero-order valence-corrected chi connectivity index (χ0v) is 13.5. The number of amides is 3. The van der Waals surface area contributed by atoms with Gasteiger partial charge in [-0.15, -0.1) is 11.3 Å². The largest absolute Gasteiger partial charge is 0.326 e. The van der Waals surface area contributed by atoms with Crippen molar-refractivity contribution in [3.8, 4) is 10.7 Å². The van der Waals surface area contributed by atoms with Crippen molar-refractivity contribution in [1.29, 1.82) is 0 Å². The van der Waals surface area contributed by atoms with Crippen molar-refractivity contribution in [1.82, 2.24) is 15.2 Å². The lowest BCUT2D eigenvalue weighted by atomic mass is 10.2. The van der Waals surface area contributed by atoms with Crippen LogP contribution in [0.1, 0.15) is 6.92 Å². The van der Waals surface area contributed by atoms with Crippen LogP contribution in [0.25, 0.3) is 10.7 Å². The summed E-state index contributed by atoms with van der Waals surface area (Å²) in [4.78, 5) is 27.4. The van der Waals surface area contributed by atoms with E-state index in [4.69, 9.17) is 0 Å². The number of hydrogen-bond donors (Lipinski definition) is 4. The van der Waals surface area contributed by atoms with Gasteiger partial charge in [-0.1, -0.05) is 6.07 Å². The molecule has 0 fully saturated rings. The highest BCUT2D eigenvalue weighted by atomic mass is 32.1. The van der Waals surface area contributed by atoms with Crippen LogP contribution in [0.4, 0.5) is 21.9 Å². The molecule has 3 rings (SSSR count). The SMILES string of the molecule is CC(=O)Nc1cccc(NC(=O)Nc2cn[nH]c2-c2nccs2)c1.